The Hall–Kier alpha value is -3.21. The second-order valence-corrected chi connectivity index (χ2v) is 6.51. The van der Waals surface area contributed by atoms with Crippen LogP contribution in [0.1, 0.15) is 31.2 Å². The number of benzene rings is 1. The second kappa shape index (κ2) is 7.32. The molecular formula is C18H15F3N4O4. The van der Waals surface area contributed by atoms with Crippen LogP contribution < -0.4 is 4.74 Å². The van der Waals surface area contributed by atoms with Crippen LogP contribution in [-0.4, -0.2) is 26.3 Å². The van der Waals surface area contributed by atoms with Gasteiger partial charge in [-0.15, -0.1) is 0 Å². The number of non-ortho nitro benzene ring substituents is 1. The van der Waals surface area contributed by atoms with Crippen molar-refractivity contribution in [2.75, 3.05) is 6.61 Å². The molecule has 1 saturated heterocycles. The fraction of sp³-hybridized carbons (Fsp3) is 0.333. The molecule has 1 aliphatic heterocycles. The molecule has 8 nitrogen and oxygen atoms in total. The lowest BCUT2D eigenvalue weighted by atomic mass is 10.2. The van der Waals surface area contributed by atoms with Gasteiger partial charge in [-0.3, -0.25) is 10.1 Å². The van der Waals surface area contributed by atoms with Crippen molar-refractivity contribution in [3.63, 3.8) is 0 Å². The zero-order valence-electron chi connectivity index (χ0n) is 14.9. The number of nitro groups is 1. The van der Waals surface area contributed by atoms with Crippen molar-refractivity contribution < 1.29 is 27.6 Å². The molecule has 1 aromatic carbocycles. The van der Waals surface area contributed by atoms with E-state index < -0.39 is 23.0 Å². The molecule has 1 atom stereocenters. The van der Waals surface area contributed by atoms with Gasteiger partial charge < -0.3 is 9.47 Å². The SMILES string of the molecule is O=[N+]([O-])c1ccc(Oc2cnc3c(c2)c(C(F)(F)F)nn3C2CCCCO2)cc1. The summed E-state index contributed by atoms with van der Waals surface area (Å²) in [7, 11) is 0. The second-order valence-electron chi connectivity index (χ2n) is 6.51. The predicted molar refractivity (Wildman–Crippen MR) is 94.5 cm³/mol. The van der Waals surface area contributed by atoms with Crippen LogP contribution in [0, 0.1) is 10.1 Å². The molecule has 0 radical (unpaired) electrons. The smallest absolute Gasteiger partial charge is 0.435 e. The summed E-state index contributed by atoms with van der Waals surface area (Å²) in [6.45, 7) is 0.453. The van der Waals surface area contributed by atoms with Gasteiger partial charge in [0.2, 0.25) is 0 Å². The van der Waals surface area contributed by atoms with Crippen molar-refractivity contribution in [3.05, 3.63) is 52.3 Å². The van der Waals surface area contributed by atoms with E-state index in [2.05, 4.69) is 10.1 Å². The van der Waals surface area contributed by atoms with E-state index in [-0.39, 0.29) is 28.2 Å². The molecule has 1 fully saturated rings. The van der Waals surface area contributed by atoms with Gasteiger partial charge >= 0.3 is 6.18 Å². The predicted octanol–water partition coefficient (Wildman–Crippen LogP) is 4.85. The van der Waals surface area contributed by atoms with E-state index in [1.807, 2.05) is 0 Å². The van der Waals surface area contributed by atoms with Gasteiger partial charge in [-0.1, -0.05) is 0 Å². The number of hydrogen-bond acceptors (Lipinski definition) is 6. The monoisotopic (exact) mass is 408 g/mol. The van der Waals surface area contributed by atoms with E-state index in [0.29, 0.717) is 13.0 Å². The Balaban J connectivity index is 1.71. The molecule has 11 heteroatoms. The standard InChI is InChI=1S/C18H15F3N4O4/c19-18(20,21)16-14-9-13(29-12-6-4-11(5-7-12)25(26)27)10-22-17(14)24(23-16)15-3-1-2-8-28-15/h4-7,9-10,15H,1-3,8H2. The van der Waals surface area contributed by atoms with Gasteiger partial charge in [-0.05, 0) is 37.5 Å². The highest BCUT2D eigenvalue weighted by Gasteiger charge is 2.38. The molecule has 0 N–H and O–H groups in total. The molecule has 2 aromatic heterocycles. The minimum Gasteiger partial charge on any atom is -0.456 e. The summed E-state index contributed by atoms with van der Waals surface area (Å²) in [6, 6.07) is 6.39. The summed E-state index contributed by atoms with van der Waals surface area (Å²) in [5, 5.41) is 14.2. The fourth-order valence-corrected chi connectivity index (χ4v) is 3.16. The van der Waals surface area contributed by atoms with Gasteiger partial charge in [0.15, 0.2) is 17.6 Å². The molecule has 1 unspecified atom stereocenters. The van der Waals surface area contributed by atoms with Gasteiger partial charge in [-0.2, -0.15) is 18.3 Å². The van der Waals surface area contributed by atoms with Crippen LogP contribution in [0.3, 0.4) is 0 Å². The Labute approximate surface area is 162 Å². The third-order valence-corrected chi connectivity index (χ3v) is 4.50. The fourth-order valence-electron chi connectivity index (χ4n) is 3.16. The lowest BCUT2D eigenvalue weighted by molar-refractivity contribution is -0.384. The molecule has 29 heavy (non-hydrogen) atoms. The zero-order valence-corrected chi connectivity index (χ0v) is 14.9. The summed E-state index contributed by atoms with van der Waals surface area (Å²) in [6.07, 6.45) is -1.76. The summed E-state index contributed by atoms with van der Waals surface area (Å²) < 4.78 is 52.8. The molecule has 1 aliphatic rings. The molecule has 0 amide bonds. The normalized spacial score (nSPS) is 17.4. The first-order valence-electron chi connectivity index (χ1n) is 8.82. The maximum absolute atomic E-state index is 13.5. The maximum Gasteiger partial charge on any atom is 0.435 e. The van der Waals surface area contributed by atoms with Crippen molar-refractivity contribution in [1.29, 1.82) is 0 Å². The van der Waals surface area contributed by atoms with Crippen LogP contribution in [0.25, 0.3) is 11.0 Å². The van der Waals surface area contributed by atoms with Crippen molar-refractivity contribution >= 4 is 16.7 Å². The average molecular weight is 408 g/mol. The van der Waals surface area contributed by atoms with Crippen molar-refractivity contribution in [2.24, 2.45) is 0 Å². The first kappa shape index (κ1) is 19.1. The molecule has 0 bridgehead atoms. The van der Waals surface area contributed by atoms with Crippen LogP contribution in [0.5, 0.6) is 11.5 Å². The Kier molecular flexibility index (Phi) is 4.82. The number of aromatic nitrogens is 3. The van der Waals surface area contributed by atoms with E-state index in [1.54, 1.807) is 0 Å². The first-order chi connectivity index (χ1) is 13.8. The van der Waals surface area contributed by atoms with Crippen molar-refractivity contribution in [1.82, 2.24) is 14.8 Å². The number of alkyl halides is 3. The number of rotatable bonds is 4. The molecular weight excluding hydrogens is 393 g/mol. The third-order valence-electron chi connectivity index (χ3n) is 4.50. The quantitative estimate of drug-likeness (QED) is 0.453. The van der Waals surface area contributed by atoms with Crippen LogP contribution in [-0.2, 0) is 10.9 Å². The number of hydrogen-bond donors (Lipinski definition) is 0. The van der Waals surface area contributed by atoms with E-state index >= 15 is 0 Å². The van der Waals surface area contributed by atoms with E-state index in [4.69, 9.17) is 9.47 Å². The molecule has 0 saturated carbocycles. The first-order valence-corrected chi connectivity index (χ1v) is 8.82. The van der Waals surface area contributed by atoms with Crippen LogP contribution in [0.2, 0.25) is 0 Å². The number of nitro benzene ring substituents is 1. The van der Waals surface area contributed by atoms with Gasteiger partial charge in [0.05, 0.1) is 16.5 Å². The minimum atomic E-state index is -4.67. The van der Waals surface area contributed by atoms with Gasteiger partial charge in [0.1, 0.15) is 11.5 Å². The lowest BCUT2D eigenvalue weighted by Gasteiger charge is -2.23. The average Bonchev–Trinajstić information content (AvgIpc) is 3.08. The molecule has 3 aromatic rings. The largest absolute Gasteiger partial charge is 0.456 e. The summed E-state index contributed by atoms with van der Waals surface area (Å²) in [5.41, 5.74) is -1.14. The van der Waals surface area contributed by atoms with E-state index in [9.17, 15) is 23.3 Å². The zero-order chi connectivity index (χ0) is 20.6. The third kappa shape index (κ3) is 3.86. The Morgan fingerprint density at radius 2 is 1.97 bits per heavy atom. The van der Waals surface area contributed by atoms with Crippen LogP contribution in [0.4, 0.5) is 18.9 Å². The molecule has 4 rings (SSSR count). The summed E-state index contributed by atoms with van der Waals surface area (Å²) >= 11 is 0. The number of halogens is 3. The summed E-state index contributed by atoms with van der Waals surface area (Å²) in [5.74, 6) is 0.286. The minimum absolute atomic E-state index is 0.0558. The van der Waals surface area contributed by atoms with Gasteiger partial charge in [0, 0.05) is 18.7 Å². The Morgan fingerprint density at radius 1 is 1.21 bits per heavy atom. The maximum atomic E-state index is 13.5. The number of nitrogens with zero attached hydrogens (tertiary/aromatic N) is 4. The molecule has 3 heterocycles. The highest BCUT2D eigenvalue weighted by Crippen LogP contribution is 2.37. The van der Waals surface area contributed by atoms with E-state index in [1.165, 1.54) is 41.2 Å². The number of fused-ring (bicyclic) bond motifs is 1. The van der Waals surface area contributed by atoms with Crippen molar-refractivity contribution in [3.8, 4) is 11.5 Å². The van der Waals surface area contributed by atoms with Crippen LogP contribution >= 0.6 is 0 Å². The van der Waals surface area contributed by atoms with Crippen LogP contribution in [0.15, 0.2) is 36.5 Å². The lowest BCUT2D eigenvalue weighted by Crippen LogP contribution is -2.20. The topological polar surface area (TPSA) is 92.3 Å². The van der Waals surface area contributed by atoms with Gasteiger partial charge in [-0.25, -0.2) is 9.67 Å². The van der Waals surface area contributed by atoms with E-state index in [0.717, 1.165) is 12.8 Å². The number of ether oxygens (including phenoxy) is 2. The molecule has 152 valence electrons. The number of pyridine rings is 1. The summed E-state index contributed by atoms with van der Waals surface area (Å²) in [4.78, 5) is 14.3. The van der Waals surface area contributed by atoms with Gasteiger partial charge in [0.25, 0.3) is 5.69 Å². The van der Waals surface area contributed by atoms with Crippen molar-refractivity contribution in [2.45, 2.75) is 31.7 Å². The highest BCUT2D eigenvalue weighted by molar-refractivity contribution is 5.80. The molecule has 0 aliphatic carbocycles. The highest BCUT2D eigenvalue weighted by atomic mass is 19.4. The molecule has 0 spiro atoms. The Morgan fingerprint density at radius 3 is 2.59 bits per heavy atom. The Bertz CT molecular complexity index is 1040.